The van der Waals surface area contributed by atoms with Gasteiger partial charge in [-0.05, 0) is 56.0 Å². The van der Waals surface area contributed by atoms with Crippen LogP contribution in [0.4, 0.5) is 11.4 Å². The SMILES string of the molecule is CCN(C(=O)c1cc2c(s1)CCC2)c1cccc(N)c1. The van der Waals surface area contributed by atoms with Gasteiger partial charge in [0.2, 0.25) is 0 Å². The van der Waals surface area contributed by atoms with Crippen molar-refractivity contribution < 1.29 is 4.79 Å². The van der Waals surface area contributed by atoms with E-state index in [9.17, 15) is 4.79 Å². The van der Waals surface area contributed by atoms with Crippen LogP contribution in [0, 0.1) is 0 Å². The Bertz CT molecular complexity index is 626. The fourth-order valence-corrected chi connectivity index (χ4v) is 3.91. The lowest BCUT2D eigenvalue weighted by Gasteiger charge is -2.20. The molecule has 1 amide bonds. The fourth-order valence-electron chi connectivity index (χ4n) is 2.70. The van der Waals surface area contributed by atoms with Gasteiger partial charge in [-0.15, -0.1) is 11.3 Å². The van der Waals surface area contributed by atoms with E-state index in [1.54, 1.807) is 16.2 Å². The van der Waals surface area contributed by atoms with E-state index in [-0.39, 0.29) is 5.91 Å². The number of carbonyl (C=O) groups excluding carboxylic acids is 1. The number of aryl methyl sites for hydroxylation is 2. The number of thiophene rings is 1. The molecule has 0 unspecified atom stereocenters. The van der Waals surface area contributed by atoms with Crippen LogP contribution in [-0.4, -0.2) is 12.5 Å². The second-order valence-electron chi connectivity index (χ2n) is 5.06. The summed E-state index contributed by atoms with van der Waals surface area (Å²) in [4.78, 5) is 16.7. The van der Waals surface area contributed by atoms with E-state index in [1.807, 2.05) is 31.2 Å². The monoisotopic (exact) mass is 286 g/mol. The van der Waals surface area contributed by atoms with Crippen LogP contribution in [-0.2, 0) is 12.8 Å². The summed E-state index contributed by atoms with van der Waals surface area (Å²) in [7, 11) is 0. The zero-order valence-corrected chi connectivity index (χ0v) is 12.4. The van der Waals surface area contributed by atoms with E-state index in [2.05, 4.69) is 6.07 Å². The molecule has 0 spiro atoms. The first kappa shape index (κ1) is 13.2. The Morgan fingerprint density at radius 1 is 1.35 bits per heavy atom. The molecule has 0 bridgehead atoms. The molecule has 0 radical (unpaired) electrons. The first-order chi connectivity index (χ1) is 9.69. The first-order valence-corrected chi connectivity index (χ1v) is 7.79. The minimum absolute atomic E-state index is 0.0810. The first-order valence-electron chi connectivity index (χ1n) is 6.98. The summed E-state index contributed by atoms with van der Waals surface area (Å²) in [6.45, 7) is 2.63. The van der Waals surface area contributed by atoms with E-state index in [1.165, 1.54) is 16.9 Å². The lowest BCUT2D eigenvalue weighted by molar-refractivity contribution is 0.0992. The van der Waals surface area contributed by atoms with Gasteiger partial charge in [0.1, 0.15) is 0 Å². The number of fused-ring (bicyclic) bond motifs is 1. The molecule has 3 rings (SSSR count). The second-order valence-corrected chi connectivity index (χ2v) is 6.19. The Kier molecular flexibility index (Phi) is 3.49. The van der Waals surface area contributed by atoms with Crippen LogP contribution < -0.4 is 10.6 Å². The summed E-state index contributed by atoms with van der Waals surface area (Å²) in [5.41, 5.74) is 8.73. The Morgan fingerprint density at radius 3 is 2.90 bits per heavy atom. The standard InChI is InChI=1S/C16H18N2OS/c1-2-18(13-7-4-6-12(17)10-13)16(19)15-9-11-5-3-8-14(11)20-15/h4,6-7,9-10H,2-3,5,8,17H2,1H3. The van der Waals surface area contributed by atoms with Crippen LogP contribution in [0.25, 0.3) is 0 Å². The number of hydrogen-bond acceptors (Lipinski definition) is 3. The number of benzene rings is 1. The molecule has 0 fully saturated rings. The van der Waals surface area contributed by atoms with Gasteiger partial charge in [-0.25, -0.2) is 0 Å². The molecule has 4 heteroatoms. The third-order valence-corrected chi connectivity index (χ3v) is 4.93. The minimum Gasteiger partial charge on any atom is -0.399 e. The van der Waals surface area contributed by atoms with Crippen molar-refractivity contribution in [3.8, 4) is 0 Å². The zero-order valence-electron chi connectivity index (χ0n) is 11.6. The van der Waals surface area contributed by atoms with Crippen molar-refractivity contribution in [2.24, 2.45) is 0 Å². The molecular formula is C16H18N2OS. The molecule has 2 N–H and O–H groups in total. The summed E-state index contributed by atoms with van der Waals surface area (Å²) < 4.78 is 0. The predicted molar refractivity (Wildman–Crippen MR) is 84.5 cm³/mol. The largest absolute Gasteiger partial charge is 0.399 e. The summed E-state index contributed by atoms with van der Waals surface area (Å²) in [6, 6.07) is 9.57. The van der Waals surface area contributed by atoms with Crippen LogP contribution in [0.15, 0.2) is 30.3 Å². The van der Waals surface area contributed by atoms with Gasteiger partial charge in [0.15, 0.2) is 0 Å². The van der Waals surface area contributed by atoms with Crippen molar-refractivity contribution in [2.75, 3.05) is 17.2 Å². The molecule has 0 saturated heterocycles. The Morgan fingerprint density at radius 2 is 2.20 bits per heavy atom. The van der Waals surface area contributed by atoms with Crippen molar-refractivity contribution in [1.29, 1.82) is 0 Å². The number of nitrogens with zero attached hydrogens (tertiary/aromatic N) is 1. The van der Waals surface area contributed by atoms with E-state index in [0.717, 1.165) is 23.4 Å². The molecule has 1 aromatic carbocycles. The molecule has 0 saturated carbocycles. The highest BCUT2D eigenvalue weighted by Crippen LogP contribution is 2.32. The van der Waals surface area contributed by atoms with E-state index in [0.29, 0.717) is 12.2 Å². The van der Waals surface area contributed by atoms with Crippen LogP contribution in [0.1, 0.15) is 33.5 Å². The van der Waals surface area contributed by atoms with Gasteiger partial charge in [-0.2, -0.15) is 0 Å². The minimum atomic E-state index is 0.0810. The van der Waals surface area contributed by atoms with Gasteiger partial charge in [0, 0.05) is 22.8 Å². The quantitative estimate of drug-likeness (QED) is 0.878. The van der Waals surface area contributed by atoms with Crippen molar-refractivity contribution in [1.82, 2.24) is 0 Å². The van der Waals surface area contributed by atoms with Crippen LogP contribution in [0.5, 0.6) is 0 Å². The second kappa shape index (κ2) is 5.29. The number of amides is 1. The van der Waals surface area contributed by atoms with E-state index < -0.39 is 0 Å². The fraction of sp³-hybridized carbons (Fsp3) is 0.312. The lowest BCUT2D eigenvalue weighted by Crippen LogP contribution is -2.30. The molecule has 1 aliphatic carbocycles. The predicted octanol–water partition coefficient (Wildman–Crippen LogP) is 3.49. The lowest BCUT2D eigenvalue weighted by atomic mass is 10.2. The molecule has 0 aliphatic heterocycles. The van der Waals surface area contributed by atoms with E-state index >= 15 is 0 Å². The number of rotatable bonds is 3. The van der Waals surface area contributed by atoms with E-state index in [4.69, 9.17) is 5.73 Å². The smallest absolute Gasteiger partial charge is 0.268 e. The maximum absolute atomic E-state index is 12.7. The summed E-state index contributed by atoms with van der Waals surface area (Å²) in [5.74, 6) is 0.0810. The number of anilines is 2. The number of nitrogens with two attached hydrogens (primary N) is 1. The molecule has 1 aliphatic rings. The molecule has 1 aromatic heterocycles. The Balaban J connectivity index is 1.90. The van der Waals surface area contributed by atoms with Crippen molar-refractivity contribution >= 4 is 28.6 Å². The maximum atomic E-state index is 12.7. The zero-order chi connectivity index (χ0) is 14.1. The molecule has 0 atom stereocenters. The molecule has 2 aromatic rings. The summed E-state index contributed by atoms with van der Waals surface area (Å²) in [5, 5.41) is 0. The van der Waals surface area contributed by atoms with Gasteiger partial charge in [0.05, 0.1) is 4.88 Å². The van der Waals surface area contributed by atoms with Crippen molar-refractivity contribution in [2.45, 2.75) is 26.2 Å². The third kappa shape index (κ3) is 2.31. The van der Waals surface area contributed by atoms with Gasteiger partial charge in [0.25, 0.3) is 5.91 Å². The van der Waals surface area contributed by atoms with Gasteiger partial charge in [-0.3, -0.25) is 4.79 Å². The summed E-state index contributed by atoms with van der Waals surface area (Å²) in [6.07, 6.45) is 3.46. The normalized spacial score (nSPS) is 13.2. The summed E-state index contributed by atoms with van der Waals surface area (Å²) >= 11 is 1.65. The van der Waals surface area contributed by atoms with Crippen molar-refractivity contribution in [3.63, 3.8) is 0 Å². The number of nitrogen functional groups attached to an aromatic ring is 1. The molecular weight excluding hydrogens is 268 g/mol. The Labute approximate surface area is 123 Å². The average Bonchev–Trinajstić information content (AvgIpc) is 3.00. The molecule has 3 nitrogen and oxygen atoms in total. The molecule has 1 heterocycles. The highest BCUT2D eigenvalue weighted by Gasteiger charge is 2.22. The van der Waals surface area contributed by atoms with Crippen LogP contribution >= 0.6 is 11.3 Å². The van der Waals surface area contributed by atoms with Gasteiger partial charge in [-0.1, -0.05) is 6.07 Å². The molecule has 20 heavy (non-hydrogen) atoms. The topological polar surface area (TPSA) is 46.3 Å². The van der Waals surface area contributed by atoms with Crippen LogP contribution in [0.3, 0.4) is 0 Å². The average molecular weight is 286 g/mol. The van der Waals surface area contributed by atoms with Crippen LogP contribution in [0.2, 0.25) is 0 Å². The van der Waals surface area contributed by atoms with Gasteiger partial charge >= 0.3 is 0 Å². The van der Waals surface area contributed by atoms with Gasteiger partial charge < -0.3 is 10.6 Å². The highest BCUT2D eigenvalue weighted by molar-refractivity contribution is 7.14. The Hall–Kier alpha value is -1.81. The highest BCUT2D eigenvalue weighted by atomic mass is 32.1. The van der Waals surface area contributed by atoms with Crippen molar-refractivity contribution in [3.05, 3.63) is 45.6 Å². The number of hydrogen-bond donors (Lipinski definition) is 1. The number of carbonyl (C=O) groups is 1. The molecule has 104 valence electrons. The third-order valence-electron chi connectivity index (χ3n) is 3.70. The maximum Gasteiger partial charge on any atom is 0.268 e.